The fraction of sp³-hybridized carbons (Fsp3) is 0.833. The zero-order chi connectivity index (χ0) is 14.6. The Labute approximate surface area is 126 Å². The molecule has 1 aromatic heterocycles. The molecule has 0 aliphatic carbocycles. The van der Waals surface area contributed by atoms with Crippen molar-refractivity contribution in [1.82, 2.24) is 4.57 Å². The summed E-state index contributed by atoms with van der Waals surface area (Å²) in [4.78, 5) is 0. The Morgan fingerprint density at radius 3 is 1.95 bits per heavy atom. The number of unbranched alkanes of at least 4 members (excludes halogenated alkanes) is 9. The third-order valence-corrected chi connectivity index (χ3v) is 4.30. The smallest absolute Gasteiger partial charge is 0.237 e. The molecule has 1 heterocycles. The van der Waals surface area contributed by atoms with Crippen LogP contribution in [0.3, 0.4) is 0 Å². The highest BCUT2D eigenvalue weighted by atomic mass is 15.1. The Hall–Kier alpha value is -0.790. The number of rotatable bonds is 12. The van der Waals surface area contributed by atoms with Gasteiger partial charge in [-0.25, -0.2) is 9.13 Å². The molecule has 2 heteroatoms. The minimum atomic E-state index is 1.09. The maximum absolute atomic E-state index is 2.37. The topological polar surface area (TPSA) is 8.81 Å². The van der Waals surface area contributed by atoms with Crippen molar-refractivity contribution in [2.75, 3.05) is 0 Å². The van der Waals surface area contributed by atoms with Crippen molar-refractivity contribution in [2.24, 2.45) is 7.05 Å². The summed E-state index contributed by atoms with van der Waals surface area (Å²) < 4.78 is 4.64. The van der Waals surface area contributed by atoms with E-state index in [1.807, 2.05) is 0 Å². The average Bonchev–Trinajstić information content (AvgIpc) is 2.81. The predicted octanol–water partition coefficient (Wildman–Crippen LogP) is 4.80. The van der Waals surface area contributed by atoms with Crippen LogP contribution in [0, 0.1) is 0 Å². The summed E-state index contributed by atoms with van der Waals surface area (Å²) in [5.41, 5.74) is 0. The van der Waals surface area contributed by atoms with Gasteiger partial charge in [0.25, 0.3) is 5.82 Å². The van der Waals surface area contributed by atoms with Crippen molar-refractivity contribution in [3.05, 3.63) is 18.2 Å². The number of nitrogens with zero attached hydrogens (tertiary/aromatic N) is 2. The largest absolute Gasteiger partial charge is 0.256 e. The molecule has 0 atom stereocenters. The lowest BCUT2D eigenvalue weighted by atomic mass is 10.1. The van der Waals surface area contributed by atoms with E-state index in [2.05, 4.69) is 42.4 Å². The molecular weight excluding hydrogens is 244 g/mol. The maximum atomic E-state index is 2.37. The highest BCUT2D eigenvalue weighted by molar-refractivity contribution is 4.83. The Morgan fingerprint density at radius 1 is 0.850 bits per heavy atom. The highest BCUT2D eigenvalue weighted by Crippen LogP contribution is 2.11. The molecule has 0 saturated heterocycles. The van der Waals surface area contributed by atoms with Crippen LogP contribution in [0.25, 0.3) is 0 Å². The first-order valence-corrected chi connectivity index (χ1v) is 8.83. The maximum Gasteiger partial charge on any atom is 0.256 e. The van der Waals surface area contributed by atoms with Crippen molar-refractivity contribution in [1.29, 1.82) is 0 Å². The van der Waals surface area contributed by atoms with Gasteiger partial charge in [0.1, 0.15) is 12.4 Å². The van der Waals surface area contributed by atoms with Crippen LogP contribution in [-0.2, 0) is 20.0 Å². The molecule has 1 rings (SSSR count). The van der Waals surface area contributed by atoms with Crippen LogP contribution in [0.1, 0.15) is 83.9 Å². The van der Waals surface area contributed by atoms with E-state index in [1.165, 1.54) is 76.5 Å². The molecule has 0 radical (unpaired) electrons. The fourth-order valence-corrected chi connectivity index (χ4v) is 2.93. The summed E-state index contributed by atoms with van der Waals surface area (Å²) in [6.45, 7) is 5.60. The standard InChI is InChI=1S/C18H35N2/c1-4-6-7-8-9-10-11-12-13-14-15-18-19(3)16-17-20(18)5-2/h16-17H,4-15H2,1-3H3/q+1. The lowest BCUT2D eigenvalue weighted by Gasteiger charge is -2.03. The van der Waals surface area contributed by atoms with E-state index in [0.29, 0.717) is 0 Å². The normalized spacial score (nSPS) is 11.2. The summed E-state index contributed by atoms with van der Waals surface area (Å²) in [6, 6.07) is 0. The third-order valence-electron chi connectivity index (χ3n) is 4.30. The molecule has 2 nitrogen and oxygen atoms in total. The van der Waals surface area contributed by atoms with E-state index >= 15 is 0 Å². The summed E-state index contributed by atoms with van der Waals surface area (Å²) in [5, 5.41) is 0. The summed E-state index contributed by atoms with van der Waals surface area (Å²) in [5.74, 6) is 1.48. The van der Waals surface area contributed by atoms with Crippen LogP contribution >= 0.6 is 0 Å². The first-order chi connectivity index (χ1) is 9.79. The first-order valence-electron chi connectivity index (χ1n) is 8.83. The van der Waals surface area contributed by atoms with Gasteiger partial charge in [-0.2, -0.15) is 0 Å². The molecule has 0 saturated carbocycles. The summed E-state index contributed by atoms with van der Waals surface area (Å²) in [6.07, 6.45) is 19.8. The van der Waals surface area contributed by atoms with Gasteiger partial charge >= 0.3 is 0 Å². The minimum Gasteiger partial charge on any atom is -0.237 e. The van der Waals surface area contributed by atoms with Crippen molar-refractivity contribution in [3.63, 3.8) is 0 Å². The molecule has 0 aliphatic heterocycles. The lowest BCUT2D eigenvalue weighted by Crippen LogP contribution is -2.32. The zero-order valence-corrected chi connectivity index (χ0v) is 14.0. The second-order valence-corrected chi connectivity index (χ2v) is 6.04. The number of hydrogen-bond acceptors (Lipinski definition) is 0. The summed E-state index contributed by atoms with van der Waals surface area (Å²) >= 11 is 0. The molecular formula is C18H35N2+. The van der Waals surface area contributed by atoms with E-state index in [-0.39, 0.29) is 0 Å². The highest BCUT2D eigenvalue weighted by Gasteiger charge is 2.11. The molecule has 1 aromatic rings. The minimum absolute atomic E-state index is 1.09. The van der Waals surface area contributed by atoms with E-state index < -0.39 is 0 Å². The molecule has 116 valence electrons. The molecule has 20 heavy (non-hydrogen) atoms. The lowest BCUT2D eigenvalue weighted by molar-refractivity contribution is -0.678. The van der Waals surface area contributed by atoms with Crippen LogP contribution in [-0.4, -0.2) is 4.57 Å². The molecule has 0 aliphatic rings. The van der Waals surface area contributed by atoms with E-state index in [9.17, 15) is 0 Å². The second-order valence-electron chi connectivity index (χ2n) is 6.04. The van der Waals surface area contributed by atoms with Gasteiger partial charge in [0.2, 0.25) is 0 Å². The molecule has 0 spiro atoms. The molecule has 0 N–H and O–H groups in total. The molecule has 0 aromatic carbocycles. The molecule has 0 unspecified atom stereocenters. The van der Waals surface area contributed by atoms with Crippen LogP contribution in [0.2, 0.25) is 0 Å². The third kappa shape index (κ3) is 6.58. The van der Waals surface area contributed by atoms with Gasteiger partial charge in [0.15, 0.2) is 0 Å². The summed E-state index contributed by atoms with van der Waals surface area (Å²) in [7, 11) is 2.16. The van der Waals surface area contributed by atoms with Gasteiger partial charge in [-0.05, 0) is 13.3 Å². The number of aromatic nitrogens is 2. The Bertz CT molecular complexity index is 341. The number of aryl methyl sites for hydroxylation is 2. The monoisotopic (exact) mass is 279 g/mol. The van der Waals surface area contributed by atoms with Crippen LogP contribution < -0.4 is 4.57 Å². The van der Waals surface area contributed by atoms with Crippen molar-refractivity contribution < 1.29 is 4.57 Å². The van der Waals surface area contributed by atoms with Crippen LogP contribution in [0.4, 0.5) is 0 Å². The Morgan fingerprint density at radius 2 is 1.40 bits per heavy atom. The predicted molar refractivity (Wildman–Crippen MR) is 86.8 cm³/mol. The number of imidazole rings is 1. The van der Waals surface area contributed by atoms with Gasteiger partial charge in [0.05, 0.1) is 13.6 Å². The molecule has 0 amide bonds. The Kier molecular flexibility index (Phi) is 9.44. The zero-order valence-electron chi connectivity index (χ0n) is 14.0. The number of hydrogen-bond donors (Lipinski definition) is 0. The van der Waals surface area contributed by atoms with E-state index in [0.717, 1.165) is 6.54 Å². The van der Waals surface area contributed by atoms with Gasteiger partial charge in [-0.15, -0.1) is 0 Å². The van der Waals surface area contributed by atoms with Gasteiger partial charge < -0.3 is 0 Å². The van der Waals surface area contributed by atoms with Gasteiger partial charge in [-0.1, -0.05) is 64.7 Å². The van der Waals surface area contributed by atoms with Crippen molar-refractivity contribution in [2.45, 2.75) is 91.0 Å². The van der Waals surface area contributed by atoms with Gasteiger partial charge in [-0.3, -0.25) is 0 Å². The average molecular weight is 279 g/mol. The second kappa shape index (κ2) is 10.9. The first kappa shape index (κ1) is 17.3. The SMILES string of the molecule is CCCCCCCCCCCCc1n(CC)cc[n+]1C. The fourth-order valence-electron chi connectivity index (χ4n) is 2.93. The molecule has 0 fully saturated rings. The van der Waals surface area contributed by atoms with Crippen molar-refractivity contribution in [3.8, 4) is 0 Å². The Balaban J connectivity index is 1.98. The molecule has 0 bridgehead atoms. The van der Waals surface area contributed by atoms with Crippen LogP contribution in [0.5, 0.6) is 0 Å². The van der Waals surface area contributed by atoms with Crippen LogP contribution in [0.15, 0.2) is 12.4 Å². The van der Waals surface area contributed by atoms with E-state index in [4.69, 9.17) is 0 Å². The van der Waals surface area contributed by atoms with E-state index in [1.54, 1.807) is 0 Å². The quantitative estimate of drug-likeness (QED) is 0.384. The van der Waals surface area contributed by atoms with Crippen molar-refractivity contribution >= 4 is 0 Å². The van der Waals surface area contributed by atoms with Gasteiger partial charge in [0, 0.05) is 6.42 Å².